The average Bonchev–Trinajstić information content (AvgIpc) is 3.47. The second-order valence-corrected chi connectivity index (χ2v) is 6.29. The van der Waals surface area contributed by atoms with Gasteiger partial charge in [-0.25, -0.2) is 19.3 Å². The summed E-state index contributed by atoms with van der Waals surface area (Å²) in [6.07, 6.45) is 5.08. The number of carbonyl (C=O) groups is 2. The number of rotatable bonds is 5. The summed E-state index contributed by atoms with van der Waals surface area (Å²) in [4.78, 5) is 29.6. The van der Waals surface area contributed by atoms with Crippen LogP contribution in [0.3, 0.4) is 0 Å². The van der Waals surface area contributed by atoms with Gasteiger partial charge in [0.1, 0.15) is 11.3 Å². The highest BCUT2D eigenvalue weighted by Crippen LogP contribution is 2.32. The Balaban J connectivity index is 2.06. The van der Waals surface area contributed by atoms with Crippen LogP contribution in [0.4, 0.5) is 0 Å². The van der Waals surface area contributed by atoms with Crippen LogP contribution in [-0.4, -0.2) is 45.5 Å². The van der Waals surface area contributed by atoms with Crippen molar-refractivity contribution in [3.63, 3.8) is 0 Å². The third kappa shape index (κ3) is 3.24. The second kappa shape index (κ2) is 8.04. The maximum Gasteiger partial charge on any atom is 0.357 e. The van der Waals surface area contributed by atoms with E-state index in [4.69, 9.17) is 9.47 Å². The summed E-state index contributed by atoms with van der Waals surface area (Å²) in [6.45, 7) is 0. The highest BCUT2D eigenvalue weighted by molar-refractivity contribution is 6.07. The molecule has 0 saturated carbocycles. The van der Waals surface area contributed by atoms with Gasteiger partial charge in [-0.1, -0.05) is 36.4 Å². The van der Waals surface area contributed by atoms with Crippen molar-refractivity contribution in [3.05, 3.63) is 84.6 Å². The van der Waals surface area contributed by atoms with Crippen molar-refractivity contribution >= 4 is 11.9 Å². The third-order valence-corrected chi connectivity index (χ3v) is 4.60. The molecule has 0 N–H and O–H groups in total. The third-order valence-electron chi connectivity index (χ3n) is 4.60. The van der Waals surface area contributed by atoms with Crippen LogP contribution in [0.1, 0.15) is 20.8 Å². The largest absolute Gasteiger partial charge is 0.465 e. The summed E-state index contributed by atoms with van der Waals surface area (Å²) in [5.74, 6) is -1.38. The van der Waals surface area contributed by atoms with Crippen LogP contribution < -0.4 is 0 Å². The molecule has 30 heavy (non-hydrogen) atoms. The monoisotopic (exact) mass is 402 g/mol. The van der Waals surface area contributed by atoms with E-state index in [1.165, 1.54) is 18.9 Å². The molecule has 2 heterocycles. The molecule has 4 aromatic rings. The number of methoxy groups -OCH3 is 2. The molecule has 2 aromatic carbocycles. The number of benzene rings is 2. The zero-order chi connectivity index (χ0) is 21.1. The van der Waals surface area contributed by atoms with E-state index < -0.39 is 11.9 Å². The van der Waals surface area contributed by atoms with Gasteiger partial charge in [0.15, 0.2) is 5.69 Å². The van der Waals surface area contributed by atoms with E-state index in [2.05, 4.69) is 10.1 Å². The smallest absolute Gasteiger partial charge is 0.357 e. The fraction of sp³-hybridized carbons (Fsp3) is 0.0909. The fourth-order valence-electron chi connectivity index (χ4n) is 3.24. The van der Waals surface area contributed by atoms with Gasteiger partial charge >= 0.3 is 11.9 Å². The summed E-state index contributed by atoms with van der Waals surface area (Å²) in [5.41, 5.74) is 2.31. The molecule has 4 rings (SSSR count). The number of nitrogens with zero attached hydrogens (tertiary/aromatic N) is 4. The molecule has 0 atom stereocenters. The van der Waals surface area contributed by atoms with Crippen LogP contribution in [0.15, 0.2) is 73.3 Å². The fourth-order valence-corrected chi connectivity index (χ4v) is 3.24. The molecule has 0 spiro atoms. The number of hydrogen-bond donors (Lipinski definition) is 0. The Morgan fingerprint density at radius 1 is 0.900 bits per heavy atom. The van der Waals surface area contributed by atoms with Crippen molar-refractivity contribution in [2.24, 2.45) is 0 Å². The van der Waals surface area contributed by atoms with Crippen LogP contribution in [0.2, 0.25) is 0 Å². The first-order valence-corrected chi connectivity index (χ1v) is 9.08. The van der Waals surface area contributed by atoms with Gasteiger partial charge in [-0.3, -0.25) is 0 Å². The van der Waals surface area contributed by atoms with Crippen LogP contribution in [-0.2, 0) is 9.47 Å². The number of ether oxygens (including phenoxy) is 2. The summed E-state index contributed by atoms with van der Waals surface area (Å²) in [6, 6.07) is 16.4. The Kier molecular flexibility index (Phi) is 5.13. The summed E-state index contributed by atoms with van der Waals surface area (Å²) < 4.78 is 13.2. The maximum atomic E-state index is 12.8. The van der Waals surface area contributed by atoms with Gasteiger partial charge in [-0.2, -0.15) is 5.10 Å². The standard InChI is InChI=1S/C22H18N4O4/c1-29-21(27)18-19(16-10-6-7-11-17(16)25-13-12-23-14-25)24-26(20(18)22(28)30-2)15-8-4-3-5-9-15/h3-14H,1-2H3. The van der Waals surface area contributed by atoms with Crippen LogP contribution in [0.25, 0.3) is 22.6 Å². The van der Waals surface area contributed by atoms with E-state index in [9.17, 15) is 9.59 Å². The zero-order valence-electron chi connectivity index (χ0n) is 16.4. The molecule has 8 heteroatoms. The predicted molar refractivity (Wildman–Crippen MR) is 109 cm³/mol. The molecule has 8 nitrogen and oxygen atoms in total. The number of para-hydroxylation sites is 2. The van der Waals surface area contributed by atoms with Gasteiger partial charge < -0.3 is 14.0 Å². The molecule has 2 aromatic heterocycles. The molecule has 0 unspecified atom stereocenters. The molecule has 0 aliphatic heterocycles. The zero-order valence-corrected chi connectivity index (χ0v) is 16.4. The summed E-state index contributed by atoms with van der Waals surface area (Å²) >= 11 is 0. The van der Waals surface area contributed by atoms with Crippen molar-refractivity contribution in [2.45, 2.75) is 0 Å². The molecule has 0 aliphatic carbocycles. The minimum absolute atomic E-state index is 0.00835. The molecular formula is C22H18N4O4. The number of carbonyl (C=O) groups excluding carboxylic acids is 2. The number of hydrogen-bond acceptors (Lipinski definition) is 6. The summed E-state index contributed by atoms with van der Waals surface area (Å²) in [5, 5.41) is 4.64. The van der Waals surface area contributed by atoms with Crippen molar-refractivity contribution < 1.29 is 19.1 Å². The van der Waals surface area contributed by atoms with E-state index in [0.29, 0.717) is 16.9 Å². The van der Waals surface area contributed by atoms with Crippen LogP contribution in [0, 0.1) is 0 Å². The Morgan fingerprint density at radius 3 is 2.27 bits per heavy atom. The first kappa shape index (κ1) is 19.1. The molecular weight excluding hydrogens is 384 g/mol. The van der Waals surface area contributed by atoms with E-state index in [1.54, 1.807) is 35.4 Å². The first-order chi connectivity index (χ1) is 14.7. The molecule has 0 aliphatic rings. The van der Waals surface area contributed by atoms with Gasteiger partial charge in [-0.05, 0) is 18.2 Å². The molecule has 150 valence electrons. The highest BCUT2D eigenvalue weighted by Gasteiger charge is 2.32. The lowest BCUT2D eigenvalue weighted by Crippen LogP contribution is -2.15. The molecule has 0 bridgehead atoms. The predicted octanol–water partition coefficient (Wildman–Crippen LogP) is 3.30. The Bertz CT molecular complexity index is 1200. The lowest BCUT2D eigenvalue weighted by Gasteiger charge is -2.09. The molecule has 0 saturated heterocycles. The molecule has 0 amide bonds. The van der Waals surface area contributed by atoms with Gasteiger partial charge in [0.05, 0.1) is 31.9 Å². The SMILES string of the molecule is COC(=O)c1c(-c2ccccc2-n2ccnc2)nn(-c2ccccc2)c1C(=O)OC. The van der Waals surface area contributed by atoms with E-state index in [-0.39, 0.29) is 11.3 Å². The van der Waals surface area contributed by atoms with Gasteiger partial charge in [0.25, 0.3) is 0 Å². The normalized spacial score (nSPS) is 10.6. The maximum absolute atomic E-state index is 12.8. The summed E-state index contributed by atoms with van der Waals surface area (Å²) in [7, 11) is 2.51. The minimum atomic E-state index is -0.696. The van der Waals surface area contributed by atoms with Crippen LogP contribution in [0.5, 0.6) is 0 Å². The quantitative estimate of drug-likeness (QED) is 0.476. The van der Waals surface area contributed by atoms with Crippen molar-refractivity contribution in [2.75, 3.05) is 14.2 Å². The van der Waals surface area contributed by atoms with Gasteiger partial charge in [-0.15, -0.1) is 0 Å². The lowest BCUT2D eigenvalue weighted by molar-refractivity contribution is 0.0549. The molecule has 0 fully saturated rings. The van der Waals surface area contributed by atoms with Gasteiger partial charge in [0, 0.05) is 18.0 Å². The van der Waals surface area contributed by atoms with Crippen molar-refractivity contribution in [1.82, 2.24) is 19.3 Å². The van der Waals surface area contributed by atoms with Crippen molar-refractivity contribution in [3.8, 4) is 22.6 Å². The average molecular weight is 402 g/mol. The highest BCUT2D eigenvalue weighted by atomic mass is 16.5. The van der Waals surface area contributed by atoms with E-state index in [0.717, 1.165) is 5.69 Å². The lowest BCUT2D eigenvalue weighted by atomic mass is 10.0. The number of imidazole rings is 1. The Hall–Kier alpha value is -4.20. The first-order valence-electron chi connectivity index (χ1n) is 9.08. The number of aromatic nitrogens is 4. The minimum Gasteiger partial charge on any atom is -0.465 e. The van der Waals surface area contributed by atoms with Crippen molar-refractivity contribution in [1.29, 1.82) is 0 Å². The Labute approximate surface area is 172 Å². The Morgan fingerprint density at radius 2 is 1.60 bits per heavy atom. The van der Waals surface area contributed by atoms with Crippen LogP contribution >= 0.6 is 0 Å². The number of esters is 2. The van der Waals surface area contributed by atoms with Gasteiger partial charge in [0.2, 0.25) is 0 Å². The topological polar surface area (TPSA) is 88.2 Å². The van der Waals surface area contributed by atoms with E-state index in [1.807, 2.05) is 42.5 Å². The second-order valence-electron chi connectivity index (χ2n) is 6.29. The van der Waals surface area contributed by atoms with E-state index >= 15 is 0 Å². The molecule has 0 radical (unpaired) electrons.